The van der Waals surface area contributed by atoms with Crippen molar-refractivity contribution in [2.45, 2.75) is 25.3 Å². The molecule has 2 aliphatic heterocycles. The summed E-state index contributed by atoms with van der Waals surface area (Å²) in [6.07, 6.45) is 5.12. The molecule has 0 atom stereocenters. The van der Waals surface area contributed by atoms with Gasteiger partial charge >= 0.3 is 0 Å². The number of hydrogen-bond acceptors (Lipinski definition) is 4. The Morgan fingerprint density at radius 1 is 1.10 bits per heavy atom. The first-order chi connectivity index (χ1) is 14.3. The van der Waals surface area contributed by atoms with E-state index in [1.54, 1.807) is 18.2 Å². The molecule has 150 valence electrons. The summed E-state index contributed by atoms with van der Waals surface area (Å²) in [5, 5.41) is 4.49. The number of aromatic amines is 1. The maximum absolute atomic E-state index is 12.6. The predicted octanol–water partition coefficient (Wildman–Crippen LogP) is 3.33. The molecule has 1 aromatic heterocycles. The second-order valence-electron chi connectivity index (χ2n) is 7.77. The Bertz CT molecular complexity index is 1020. The number of hydrogen-bond donors (Lipinski definition) is 2. The molecular weight excluding hydrogens is 366 g/mol. The Balaban J connectivity index is 1.11. The third kappa shape index (κ3) is 3.80. The summed E-state index contributed by atoms with van der Waals surface area (Å²) < 4.78 is 10.7. The maximum atomic E-state index is 12.6. The number of nitrogens with one attached hydrogen (secondary N) is 2. The van der Waals surface area contributed by atoms with Crippen LogP contribution in [-0.4, -0.2) is 48.3 Å². The number of para-hydroxylation sites is 1. The van der Waals surface area contributed by atoms with Crippen molar-refractivity contribution in [1.82, 2.24) is 15.2 Å². The van der Waals surface area contributed by atoms with Crippen LogP contribution in [-0.2, 0) is 6.42 Å². The summed E-state index contributed by atoms with van der Waals surface area (Å²) >= 11 is 0. The van der Waals surface area contributed by atoms with Gasteiger partial charge in [0.15, 0.2) is 11.5 Å². The maximum Gasteiger partial charge on any atom is 0.251 e. The monoisotopic (exact) mass is 391 g/mol. The van der Waals surface area contributed by atoms with Gasteiger partial charge in [-0.15, -0.1) is 0 Å². The molecule has 6 heteroatoms. The number of piperidine rings is 1. The number of carbonyl (C=O) groups excluding carboxylic acids is 1. The van der Waals surface area contributed by atoms with Gasteiger partial charge in [0.05, 0.1) is 0 Å². The van der Waals surface area contributed by atoms with Gasteiger partial charge in [-0.3, -0.25) is 4.79 Å². The van der Waals surface area contributed by atoms with Crippen LogP contribution in [0.5, 0.6) is 11.5 Å². The SMILES string of the molecule is O=C(NC1CCN(CCc2c[nH]c3ccccc23)CC1)c1ccc2c(c1)OCO2. The number of aromatic nitrogens is 1. The van der Waals surface area contributed by atoms with Gasteiger partial charge in [0.25, 0.3) is 5.91 Å². The van der Waals surface area contributed by atoms with E-state index in [0.29, 0.717) is 17.1 Å². The van der Waals surface area contributed by atoms with E-state index in [4.69, 9.17) is 9.47 Å². The zero-order valence-corrected chi connectivity index (χ0v) is 16.3. The number of likely N-dealkylation sites (tertiary alicyclic amines) is 1. The Hall–Kier alpha value is -2.99. The van der Waals surface area contributed by atoms with Gasteiger partial charge < -0.3 is 24.7 Å². The van der Waals surface area contributed by atoms with Crippen molar-refractivity contribution < 1.29 is 14.3 Å². The largest absolute Gasteiger partial charge is 0.454 e. The fraction of sp³-hybridized carbons (Fsp3) is 0.348. The lowest BCUT2D eigenvalue weighted by atomic mass is 10.0. The van der Waals surface area contributed by atoms with E-state index in [9.17, 15) is 4.79 Å². The Kier molecular flexibility index (Phi) is 4.86. The van der Waals surface area contributed by atoms with Gasteiger partial charge in [0, 0.05) is 48.3 Å². The molecule has 2 aliphatic rings. The van der Waals surface area contributed by atoms with Crippen molar-refractivity contribution >= 4 is 16.8 Å². The second-order valence-corrected chi connectivity index (χ2v) is 7.77. The molecule has 1 amide bonds. The molecule has 1 saturated heterocycles. The molecule has 2 aromatic carbocycles. The molecule has 0 bridgehead atoms. The topological polar surface area (TPSA) is 66.6 Å². The van der Waals surface area contributed by atoms with E-state index in [2.05, 4.69) is 45.7 Å². The van der Waals surface area contributed by atoms with Crippen molar-refractivity contribution in [3.05, 3.63) is 59.8 Å². The van der Waals surface area contributed by atoms with Crippen molar-refractivity contribution in [3.8, 4) is 11.5 Å². The third-order valence-electron chi connectivity index (χ3n) is 5.93. The first-order valence-electron chi connectivity index (χ1n) is 10.2. The smallest absolute Gasteiger partial charge is 0.251 e. The molecule has 0 saturated carbocycles. The van der Waals surface area contributed by atoms with Gasteiger partial charge in [-0.05, 0) is 49.1 Å². The Morgan fingerprint density at radius 2 is 1.93 bits per heavy atom. The lowest BCUT2D eigenvalue weighted by Crippen LogP contribution is -2.45. The number of nitrogens with zero attached hydrogens (tertiary/aromatic N) is 1. The highest BCUT2D eigenvalue weighted by atomic mass is 16.7. The highest BCUT2D eigenvalue weighted by Crippen LogP contribution is 2.32. The first kappa shape index (κ1) is 18.1. The number of fused-ring (bicyclic) bond motifs is 2. The second kappa shape index (κ2) is 7.79. The Labute approximate surface area is 169 Å². The van der Waals surface area contributed by atoms with Crippen molar-refractivity contribution in [1.29, 1.82) is 0 Å². The van der Waals surface area contributed by atoms with Crippen LogP contribution in [0.1, 0.15) is 28.8 Å². The number of amides is 1. The van der Waals surface area contributed by atoms with Crippen LogP contribution in [0.15, 0.2) is 48.7 Å². The predicted molar refractivity (Wildman–Crippen MR) is 111 cm³/mol. The van der Waals surface area contributed by atoms with Crippen LogP contribution >= 0.6 is 0 Å². The molecule has 0 aliphatic carbocycles. The average molecular weight is 391 g/mol. The lowest BCUT2D eigenvalue weighted by molar-refractivity contribution is 0.0911. The van der Waals surface area contributed by atoms with Gasteiger partial charge in [0.2, 0.25) is 6.79 Å². The van der Waals surface area contributed by atoms with E-state index < -0.39 is 0 Å². The van der Waals surface area contributed by atoms with Gasteiger partial charge in [-0.2, -0.15) is 0 Å². The lowest BCUT2D eigenvalue weighted by Gasteiger charge is -2.32. The summed E-state index contributed by atoms with van der Waals surface area (Å²) in [5.41, 5.74) is 3.20. The van der Waals surface area contributed by atoms with Crippen LogP contribution in [0.4, 0.5) is 0 Å². The molecule has 0 radical (unpaired) electrons. The fourth-order valence-electron chi connectivity index (χ4n) is 4.22. The van der Waals surface area contributed by atoms with E-state index in [0.717, 1.165) is 38.9 Å². The van der Waals surface area contributed by atoms with Gasteiger partial charge in [0.1, 0.15) is 0 Å². The number of carbonyl (C=O) groups is 1. The molecular formula is C23H25N3O3. The summed E-state index contributed by atoms with van der Waals surface area (Å²) in [7, 11) is 0. The number of rotatable bonds is 5. The number of ether oxygens (including phenoxy) is 2. The van der Waals surface area contributed by atoms with Gasteiger partial charge in [-0.1, -0.05) is 18.2 Å². The van der Waals surface area contributed by atoms with Crippen LogP contribution in [0, 0.1) is 0 Å². The molecule has 0 spiro atoms. The molecule has 0 unspecified atom stereocenters. The fourth-order valence-corrected chi connectivity index (χ4v) is 4.22. The highest BCUT2D eigenvalue weighted by Gasteiger charge is 2.22. The van der Waals surface area contributed by atoms with Crippen LogP contribution in [0.25, 0.3) is 10.9 Å². The van der Waals surface area contributed by atoms with Crippen LogP contribution in [0.3, 0.4) is 0 Å². The van der Waals surface area contributed by atoms with E-state index in [1.807, 2.05) is 0 Å². The zero-order chi connectivity index (χ0) is 19.6. The molecule has 2 N–H and O–H groups in total. The molecule has 3 aromatic rings. The Morgan fingerprint density at radius 3 is 2.83 bits per heavy atom. The molecule has 29 heavy (non-hydrogen) atoms. The van der Waals surface area contributed by atoms with Crippen LogP contribution < -0.4 is 14.8 Å². The minimum absolute atomic E-state index is 0.0412. The standard InChI is InChI=1S/C23H25N3O3/c27-23(16-5-6-21-22(13-16)29-15-28-21)25-18-8-11-26(12-9-18)10-7-17-14-24-20-4-2-1-3-19(17)20/h1-6,13-14,18,24H,7-12,15H2,(H,25,27). The van der Waals surface area contributed by atoms with Crippen molar-refractivity contribution in [3.63, 3.8) is 0 Å². The summed E-state index contributed by atoms with van der Waals surface area (Å²) in [4.78, 5) is 18.4. The molecule has 5 rings (SSSR count). The van der Waals surface area contributed by atoms with Crippen molar-refractivity contribution in [2.24, 2.45) is 0 Å². The third-order valence-corrected chi connectivity index (χ3v) is 5.93. The minimum Gasteiger partial charge on any atom is -0.454 e. The highest BCUT2D eigenvalue weighted by molar-refractivity contribution is 5.95. The molecule has 3 heterocycles. The van der Waals surface area contributed by atoms with Gasteiger partial charge in [-0.25, -0.2) is 0 Å². The first-order valence-corrected chi connectivity index (χ1v) is 10.2. The van der Waals surface area contributed by atoms with Crippen LogP contribution in [0.2, 0.25) is 0 Å². The number of benzene rings is 2. The molecule has 1 fully saturated rings. The minimum atomic E-state index is -0.0412. The van der Waals surface area contributed by atoms with Crippen molar-refractivity contribution in [2.75, 3.05) is 26.4 Å². The zero-order valence-electron chi connectivity index (χ0n) is 16.3. The average Bonchev–Trinajstić information content (AvgIpc) is 3.39. The van der Waals surface area contributed by atoms with E-state index in [1.165, 1.54) is 16.5 Å². The molecule has 6 nitrogen and oxygen atoms in total. The van der Waals surface area contributed by atoms with E-state index in [-0.39, 0.29) is 18.7 Å². The summed E-state index contributed by atoms with van der Waals surface area (Å²) in [5.74, 6) is 1.30. The van der Waals surface area contributed by atoms with E-state index >= 15 is 0 Å². The summed E-state index contributed by atoms with van der Waals surface area (Å²) in [6.45, 7) is 3.28. The number of H-pyrrole nitrogens is 1. The quantitative estimate of drug-likeness (QED) is 0.700. The summed E-state index contributed by atoms with van der Waals surface area (Å²) in [6, 6.07) is 14.0. The normalized spacial score (nSPS) is 17.0.